The number of rotatable bonds is 5. The molecule has 0 amide bonds. The lowest BCUT2D eigenvalue weighted by Crippen LogP contribution is -2.18. The maximum absolute atomic E-state index is 4.33. The molecule has 3 heteroatoms. The average molecular weight is 195 g/mol. The third kappa shape index (κ3) is 3.92. The molecule has 1 aromatic heterocycles. The summed E-state index contributed by atoms with van der Waals surface area (Å²) >= 11 is 0. The Morgan fingerprint density at radius 3 is 2.71 bits per heavy atom. The molecule has 0 atom stereocenters. The van der Waals surface area contributed by atoms with Gasteiger partial charge in [-0.1, -0.05) is 13.8 Å². The molecule has 80 valence electrons. The summed E-state index contributed by atoms with van der Waals surface area (Å²) in [5.74, 6) is 0.710. The van der Waals surface area contributed by atoms with Crippen LogP contribution in [0.2, 0.25) is 0 Å². The van der Waals surface area contributed by atoms with E-state index in [2.05, 4.69) is 44.1 Å². The minimum atomic E-state index is 0.710. The Labute approximate surface area is 86.7 Å². The molecule has 0 saturated carbocycles. The van der Waals surface area contributed by atoms with E-state index < -0.39 is 0 Å². The first-order chi connectivity index (χ1) is 6.58. The lowest BCUT2D eigenvalue weighted by atomic mass is 10.1. The topological polar surface area (TPSA) is 21.1 Å². The number of hydrogen-bond acceptors (Lipinski definition) is 2. The van der Waals surface area contributed by atoms with E-state index in [1.54, 1.807) is 0 Å². The molecule has 1 aromatic rings. The molecule has 0 fully saturated rings. The van der Waals surface area contributed by atoms with E-state index in [1.807, 2.05) is 10.9 Å². The second kappa shape index (κ2) is 5.15. The predicted molar refractivity (Wildman–Crippen MR) is 59.3 cm³/mol. The molecule has 0 bridgehead atoms. The van der Waals surface area contributed by atoms with Gasteiger partial charge in [-0.15, -0.1) is 0 Å². The van der Waals surface area contributed by atoms with Crippen molar-refractivity contribution < 1.29 is 0 Å². The van der Waals surface area contributed by atoms with Gasteiger partial charge in [0.2, 0.25) is 0 Å². The molecular weight excluding hydrogens is 174 g/mol. The molecule has 0 saturated heterocycles. The van der Waals surface area contributed by atoms with Crippen molar-refractivity contribution in [2.75, 3.05) is 20.6 Å². The zero-order valence-electron chi connectivity index (χ0n) is 9.70. The molecule has 0 spiro atoms. The maximum Gasteiger partial charge on any atom is 0.0536 e. The number of nitrogens with zero attached hydrogens (tertiary/aromatic N) is 3. The van der Waals surface area contributed by atoms with Gasteiger partial charge in [-0.3, -0.25) is 4.68 Å². The minimum Gasteiger partial charge on any atom is -0.308 e. The fraction of sp³-hybridized carbons (Fsp3) is 0.727. The van der Waals surface area contributed by atoms with E-state index in [0.717, 1.165) is 19.5 Å². The van der Waals surface area contributed by atoms with E-state index in [1.165, 1.54) is 5.56 Å². The molecule has 0 aliphatic heterocycles. The summed E-state index contributed by atoms with van der Waals surface area (Å²) in [4.78, 5) is 2.17. The molecule has 0 aliphatic carbocycles. The van der Waals surface area contributed by atoms with Crippen molar-refractivity contribution in [1.29, 1.82) is 0 Å². The maximum atomic E-state index is 4.33. The SMILES string of the molecule is CC(C)Cc1cnn(CCN(C)C)c1. The summed E-state index contributed by atoms with van der Waals surface area (Å²) in [6.45, 7) is 6.49. The van der Waals surface area contributed by atoms with Gasteiger partial charge in [-0.2, -0.15) is 5.10 Å². The first-order valence-electron chi connectivity index (χ1n) is 5.24. The minimum absolute atomic E-state index is 0.710. The van der Waals surface area contributed by atoms with Gasteiger partial charge < -0.3 is 4.90 Å². The van der Waals surface area contributed by atoms with Crippen LogP contribution in [0.15, 0.2) is 12.4 Å². The van der Waals surface area contributed by atoms with Crippen LogP contribution in [0.25, 0.3) is 0 Å². The Kier molecular flexibility index (Phi) is 4.14. The van der Waals surface area contributed by atoms with Crippen molar-refractivity contribution in [2.24, 2.45) is 5.92 Å². The van der Waals surface area contributed by atoms with Crippen LogP contribution in [0.1, 0.15) is 19.4 Å². The largest absolute Gasteiger partial charge is 0.308 e. The van der Waals surface area contributed by atoms with Crippen LogP contribution in [0.4, 0.5) is 0 Å². The highest BCUT2D eigenvalue weighted by Gasteiger charge is 2.01. The Bertz CT molecular complexity index is 263. The van der Waals surface area contributed by atoms with Crippen molar-refractivity contribution in [2.45, 2.75) is 26.8 Å². The normalized spacial score (nSPS) is 11.6. The quantitative estimate of drug-likeness (QED) is 0.712. The summed E-state index contributed by atoms with van der Waals surface area (Å²) < 4.78 is 2.03. The Morgan fingerprint density at radius 2 is 2.14 bits per heavy atom. The average Bonchev–Trinajstić information content (AvgIpc) is 2.47. The van der Waals surface area contributed by atoms with E-state index in [9.17, 15) is 0 Å². The summed E-state index contributed by atoms with van der Waals surface area (Å²) in [5, 5.41) is 4.33. The first-order valence-corrected chi connectivity index (χ1v) is 5.24. The van der Waals surface area contributed by atoms with Crippen LogP contribution in [0, 0.1) is 5.92 Å². The third-order valence-corrected chi connectivity index (χ3v) is 2.11. The second-order valence-corrected chi connectivity index (χ2v) is 4.51. The number of likely N-dealkylation sites (N-methyl/N-ethyl adjacent to an activating group) is 1. The molecular formula is C11H21N3. The predicted octanol–water partition coefficient (Wildman–Crippen LogP) is 1.64. The standard InChI is InChI=1S/C11H21N3/c1-10(2)7-11-8-12-14(9-11)6-5-13(3)4/h8-10H,5-7H2,1-4H3. The highest BCUT2D eigenvalue weighted by molar-refractivity contribution is 5.04. The summed E-state index contributed by atoms with van der Waals surface area (Å²) in [7, 11) is 4.16. The molecule has 0 unspecified atom stereocenters. The fourth-order valence-corrected chi connectivity index (χ4v) is 1.41. The highest BCUT2D eigenvalue weighted by Crippen LogP contribution is 2.06. The Balaban J connectivity index is 2.42. The van der Waals surface area contributed by atoms with Crippen LogP contribution >= 0.6 is 0 Å². The lowest BCUT2D eigenvalue weighted by Gasteiger charge is -2.08. The van der Waals surface area contributed by atoms with Gasteiger partial charge >= 0.3 is 0 Å². The van der Waals surface area contributed by atoms with Gasteiger partial charge in [0.05, 0.1) is 12.7 Å². The van der Waals surface area contributed by atoms with Crippen molar-refractivity contribution in [3.63, 3.8) is 0 Å². The summed E-state index contributed by atoms with van der Waals surface area (Å²) in [6, 6.07) is 0. The van der Waals surface area contributed by atoms with Crippen LogP contribution < -0.4 is 0 Å². The second-order valence-electron chi connectivity index (χ2n) is 4.51. The molecule has 0 aliphatic rings. The first kappa shape index (κ1) is 11.2. The highest BCUT2D eigenvalue weighted by atomic mass is 15.3. The van der Waals surface area contributed by atoms with E-state index in [4.69, 9.17) is 0 Å². The fourth-order valence-electron chi connectivity index (χ4n) is 1.41. The van der Waals surface area contributed by atoms with Crippen LogP contribution in [0.5, 0.6) is 0 Å². The molecule has 0 N–H and O–H groups in total. The van der Waals surface area contributed by atoms with E-state index in [-0.39, 0.29) is 0 Å². The summed E-state index contributed by atoms with van der Waals surface area (Å²) in [5.41, 5.74) is 1.35. The molecule has 14 heavy (non-hydrogen) atoms. The molecule has 1 rings (SSSR count). The van der Waals surface area contributed by atoms with E-state index >= 15 is 0 Å². The Hall–Kier alpha value is -0.830. The third-order valence-electron chi connectivity index (χ3n) is 2.11. The summed E-state index contributed by atoms with van der Waals surface area (Å²) in [6.07, 6.45) is 5.27. The van der Waals surface area contributed by atoms with Gasteiger partial charge in [0.1, 0.15) is 0 Å². The van der Waals surface area contributed by atoms with Crippen molar-refractivity contribution in [3.05, 3.63) is 18.0 Å². The molecule has 1 heterocycles. The van der Waals surface area contributed by atoms with Gasteiger partial charge in [-0.25, -0.2) is 0 Å². The van der Waals surface area contributed by atoms with Crippen molar-refractivity contribution >= 4 is 0 Å². The number of aromatic nitrogens is 2. The zero-order valence-corrected chi connectivity index (χ0v) is 9.70. The van der Waals surface area contributed by atoms with Gasteiger partial charge in [0.25, 0.3) is 0 Å². The monoisotopic (exact) mass is 195 g/mol. The van der Waals surface area contributed by atoms with Gasteiger partial charge in [0, 0.05) is 12.7 Å². The zero-order chi connectivity index (χ0) is 10.6. The molecule has 3 nitrogen and oxygen atoms in total. The van der Waals surface area contributed by atoms with Gasteiger partial charge in [0.15, 0.2) is 0 Å². The van der Waals surface area contributed by atoms with Crippen molar-refractivity contribution in [1.82, 2.24) is 14.7 Å². The van der Waals surface area contributed by atoms with Crippen LogP contribution in [-0.4, -0.2) is 35.3 Å². The smallest absolute Gasteiger partial charge is 0.0536 e. The number of hydrogen-bond donors (Lipinski definition) is 0. The van der Waals surface area contributed by atoms with Crippen LogP contribution in [-0.2, 0) is 13.0 Å². The Morgan fingerprint density at radius 1 is 1.43 bits per heavy atom. The molecule has 0 radical (unpaired) electrons. The molecule has 0 aromatic carbocycles. The van der Waals surface area contributed by atoms with Crippen LogP contribution in [0.3, 0.4) is 0 Å². The van der Waals surface area contributed by atoms with Gasteiger partial charge in [-0.05, 0) is 32.0 Å². The van der Waals surface area contributed by atoms with Crippen molar-refractivity contribution in [3.8, 4) is 0 Å². The lowest BCUT2D eigenvalue weighted by molar-refractivity contribution is 0.373. The van der Waals surface area contributed by atoms with E-state index in [0.29, 0.717) is 5.92 Å².